The van der Waals surface area contributed by atoms with Crippen LogP contribution >= 0.6 is 11.6 Å². The second-order valence-corrected chi connectivity index (χ2v) is 10.9. The van der Waals surface area contributed by atoms with Gasteiger partial charge in [-0.3, -0.25) is 9.78 Å². The Labute approximate surface area is 245 Å². The fraction of sp³-hybridized carbons (Fsp3) is 0.333. The number of para-hydroxylation sites is 1. The average molecular weight is 574 g/mol. The molecule has 214 valence electrons. The first kappa shape index (κ1) is 29.2. The van der Waals surface area contributed by atoms with Crippen LogP contribution in [0.2, 0.25) is 5.02 Å². The van der Waals surface area contributed by atoms with Crippen molar-refractivity contribution in [3.63, 3.8) is 0 Å². The van der Waals surface area contributed by atoms with Crippen LogP contribution in [-0.2, 0) is 21.6 Å². The first-order valence-electron chi connectivity index (χ1n) is 14.0. The normalized spacial score (nSPS) is 17.0. The van der Waals surface area contributed by atoms with Crippen molar-refractivity contribution in [3.8, 4) is 11.1 Å². The first-order valence-corrected chi connectivity index (χ1v) is 14.4. The van der Waals surface area contributed by atoms with E-state index in [1.54, 1.807) is 30.3 Å². The number of carbonyl (C=O) groups excluding carboxylic acids is 1. The molecular weight excluding hydrogens is 538 g/mol. The molecule has 0 aliphatic carbocycles. The highest BCUT2D eigenvalue weighted by atomic mass is 35.5. The predicted molar refractivity (Wildman–Crippen MR) is 162 cm³/mol. The molecule has 2 heterocycles. The number of nitrogens with two attached hydrogens (primary N) is 1. The van der Waals surface area contributed by atoms with Crippen molar-refractivity contribution in [3.05, 3.63) is 101 Å². The van der Waals surface area contributed by atoms with E-state index in [1.165, 1.54) is 0 Å². The zero-order valence-electron chi connectivity index (χ0n) is 23.3. The zero-order valence-corrected chi connectivity index (χ0v) is 24.0. The third-order valence-electron chi connectivity index (χ3n) is 7.84. The van der Waals surface area contributed by atoms with Gasteiger partial charge >= 0.3 is 0 Å². The van der Waals surface area contributed by atoms with E-state index in [4.69, 9.17) is 26.8 Å². The number of aliphatic hydroxyl groups is 1. The van der Waals surface area contributed by atoms with Gasteiger partial charge in [-0.15, -0.1) is 0 Å². The lowest BCUT2D eigenvalue weighted by molar-refractivity contribution is -0.146. The number of nitrogens with zero attached hydrogens (tertiary/aromatic N) is 2. The lowest BCUT2D eigenvalue weighted by Gasteiger charge is -2.43. The van der Waals surface area contributed by atoms with Crippen molar-refractivity contribution in [2.45, 2.75) is 37.5 Å². The summed E-state index contributed by atoms with van der Waals surface area (Å²) < 4.78 is 11.5. The highest BCUT2D eigenvalue weighted by Crippen LogP contribution is 2.43. The summed E-state index contributed by atoms with van der Waals surface area (Å²) in [4.78, 5) is 19.9. The molecule has 5 rings (SSSR count). The molecule has 1 aliphatic heterocycles. The Bertz CT molecular complexity index is 1500. The van der Waals surface area contributed by atoms with Crippen LogP contribution in [0, 0.1) is 0 Å². The molecule has 3 aromatic carbocycles. The maximum Gasteiger partial charge on any atom is 0.254 e. The summed E-state index contributed by atoms with van der Waals surface area (Å²) in [6.07, 6.45) is 3.00. The minimum Gasteiger partial charge on any atom is -0.385 e. The molecular formula is C33H36ClN3O4. The van der Waals surface area contributed by atoms with Crippen molar-refractivity contribution < 1.29 is 19.4 Å². The van der Waals surface area contributed by atoms with Crippen molar-refractivity contribution >= 4 is 28.4 Å². The Hall–Kier alpha value is -3.33. The molecule has 0 radical (unpaired) electrons. The van der Waals surface area contributed by atoms with E-state index in [-0.39, 0.29) is 12.5 Å². The molecule has 0 saturated carbocycles. The smallest absolute Gasteiger partial charge is 0.254 e. The average Bonchev–Trinajstić information content (AvgIpc) is 3.02. The van der Waals surface area contributed by atoms with Crippen LogP contribution in [0.1, 0.15) is 40.7 Å². The molecule has 2 atom stereocenters. The van der Waals surface area contributed by atoms with Crippen LogP contribution < -0.4 is 5.73 Å². The maximum atomic E-state index is 13.5. The molecule has 0 unspecified atom stereocenters. The summed E-state index contributed by atoms with van der Waals surface area (Å²) in [5, 5.41) is 14.1. The van der Waals surface area contributed by atoms with Gasteiger partial charge in [0.2, 0.25) is 0 Å². The second-order valence-electron chi connectivity index (χ2n) is 10.5. The summed E-state index contributed by atoms with van der Waals surface area (Å²) in [7, 11) is 1.67. The van der Waals surface area contributed by atoms with Crippen LogP contribution in [0.4, 0.5) is 0 Å². The monoisotopic (exact) mass is 573 g/mol. The number of halogens is 1. The number of unbranched alkanes of at least 4 members (excludes halogenated alkanes) is 1. The van der Waals surface area contributed by atoms with Gasteiger partial charge in [0.05, 0.1) is 18.7 Å². The molecule has 3 N–H and O–H groups in total. The summed E-state index contributed by atoms with van der Waals surface area (Å²) in [5.41, 5.74) is 8.90. The molecule has 1 amide bonds. The largest absolute Gasteiger partial charge is 0.385 e. The number of amides is 1. The Kier molecular flexibility index (Phi) is 9.32. The van der Waals surface area contributed by atoms with E-state index in [0.717, 1.165) is 28.5 Å². The number of fused-ring (bicyclic) bond motifs is 1. The van der Waals surface area contributed by atoms with Crippen molar-refractivity contribution in [1.82, 2.24) is 9.88 Å². The number of hydrogen-bond acceptors (Lipinski definition) is 6. The van der Waals surface area contributed by atoms with Gasteiger partial charge in [-0.2, -0.15) is 0 Å². The minimum atomic E-state index is -1.43. The lowest BCUT2D eigenvalue weighted by Crippen LogP contribution is -2.54. The molecule has 1 saturated heterocycles. The van der Waals surface area contributed by atoms with Crippen LogP contribution in [-0.4, -0.2) is 60.4 Å². The highest BCUT2D eigenvalue weighted by Gasteiger charge is 2.44. The van der Waals surface area contributed by atoms with Gasteiger partial charge in [-0.05, 0) is 60.7 Å². The number of benzene rings is 3. The van der Waals surface area contributed by atoms with Gasteiger partial charge in [-0.1, -0.05) is 54.1 Å². The molecule has 0 bridgehead atoms. The molecule has 0 spiro atoms. The van der Waals surface area contributed by atoms with E-state index >= 15 is 0 Å². The van der Waals surface area contributed by atoms with Gasteiger partial charge in [0.1, 0.15) is 11.7 Å². The first-order chi connectivity index (χ1) is 19.9. The van der Waals surface area contributed by atoms with Crippen LogP contribution in [0.5, 0.6) is 0 Å². The molecule has 8 heteroatoms. The van der Waals surface area contributed by atoms with Crippen molar-refractivity contribution in [1.29, 1.82) is 0 Å². The van der Waals surface area contributed by atoms with Crippen LogP contribution in [0.3, 0.4) is 0 Å². The summed E-state index contributed by atoms with van der Waals surface area (Å²) in [6, 6.07) is 22.8. The minimum absolute atomic E-state index is 0.103. The molecule has 1 fully saturated rings. The molecule has 7 nitrogen and oxygen atoms in total. The van der Waals surface area contributed by atoms with E-state index < -0.39 is 11.7 Å². The summed E-state index contributed by atoms with van der Waals surface area (Å²) in [5.74, 6) is -0.103. The Morgan fingerprint density at radius 2 is 1.95 bits per heavy atom. The number of rotatable bonds is 10. The fourth-order valence-corrected chi connectivity index (χ4v) is 5.87. The third kappa shape index (κ3) is 6.30. The number of hydrogen-bond donors (Lipinski definition) is 2. The van der Waals surface area contributed by atoms with Gasteiger partial charge < -0.3 is 25.2 Å². The van der Waals surface area contributed by atoms with Gasteiger partial charge in [0.15, 0.2) is 0 Å². The van der Waals surface area contributed by atoms with E-state index in [0.29, 0.717) is 60.9 Å². The Morgan fingerprint density at radius 3 is 2.73 bits per heavy atom. The number of pyridine rings is 1. The SMILES string of the molecule is COCCCC[C@@](O)(c1cccc(Cl)c1-c1cnc2ccccc2c1)[C@H]1CN(C(=O)c2ccc(CN)cc2)CCO1. The van der Waals surface area contributed by atoms with Crippen LogP contribution in [0.25, 0.3) is 22.0 Å². The number of morpholine rings is 1. The quantitative estimate of drug-likeness (QED) is 0.241. The van der Waals surface area contributed by atoms with E-state index in [9.17, 15) is 9.90 Å². The molecule has 1 aromatic heterocycles. The van der Waals surface area contributed by atoms with E-state index in [1.807, 2.05) is 60.7 Å². The fourth-order valence-electron chi connectivity index (χ4n) is 5.58. The second kappa shape index (κ2) is 13.1. The number of methoxy groups -OCH3 is 1. The van der Waals surface area contributed by atoms with Crippen molar-refractivity contribution in [2.75, 3.05) is 33.4 Å². The Balaban J connectivity index is 1.52. The van der Waals surface area contributed by atoms with Gasteiger partial charge in [0.25, 0.3) is 5.91 Å². The van der Waals surface area contributed by atoms with Crippen molar-refractivity contribution in [2.24, 2.45) is 5.73 Å². The number of ether oxygens (including phenoxy) is 2. The van der Waals surface area contributed by atoms with Crippen LogP contribution in [0.15, 0.2) is 79.0 Å². The van der Waals surface area contributed by atoms with Gasteiger partial charge in [-0.25, -0.2) is 0 Å². The standard InChI is InChI=1S/C33H36ClN3O4/c1-40-17-5-4-15-33(39,30-22-37(16-18-41-30)32(38)24-13-11-23(20-35)12-14-24)27-8-6-9-28(34)31(27)26-19-25-7-2-3-10-29(25)36-21-26/h2-3,6-14,19,21,30,39H,4-5,15-18,20,22,35H2,1H3/t30-,33-/m1/s1. The van der Waals surface area contributed by atoms with E-state index in [2.05, 4.69) is 4.98 Å². The summed E-state index contributed by atoms with van der Waals surface area (Å²) in [6.45, 7) is 1.98. The summed E-state index contributed by atoms with van der Waals surface area (Å²) >= 11 is 6.85. The zero-order chi connectivity index (χ0) is 28.8. The third-order valence-corrected chi connectivity index (χ3v) is 8.15. The molecule has 1 aliphatic rings. The predicted octanol–water partition coefficient (Wildman–Crippen LogP) is 5.56. The number of aromatic nitrogens is 1. The molecule has 41 heavy (non-hydrogen) atoms. The lowest BCUT2D eigenvalue weighted by atomic mass is 9.79. The highest BCUT2D eigenvalue weighted by molar-refractivity contribution is 6.33. The maximum absolute atomic E-state index is 13.5. The molecule has 4 aromatic rings. The van der Waals surface area contributed by atoms with Gasteiger partial charge in [0, 0.05) is 60.1 Å². The number of carbonyl (C=O) groups is 1. The topological polar surface area (TPSA) is 97.9 Å². The Morgan fingerprint density at radius 1 is 1.15 bits per heavy atom.